The Labute approximate surface area is 118 Å². The van der Waals surface area contributed by atoms with E-state index < -0.39 is 5.60 Å². The molecule has 3 unspecified atom stereocenters. The molecule has 2 fully saturated rings. The van der Waals surface area contributed by atoms with Crippen molar-refractivity contribution in [3.8, 4) is 0 Å². The zero-order valence-electron chi connectivity index (χ0n) is 13.6. The van der Waals surface area contributed by atoms with Crippen LogP contribution in [0.3, 0.4) is 0 Å². The van der Waals surface area contributed by atoms with Crippen LogP contribution in [0.4, 0.5) is 0 Å². The Kier molecular flexibility index (Phi) is 3.81. The van der Waals surface area contributed by atoms with Crippen LogP contribution in [0.25, 0.3) is 0 Å². The van der Waals surface area contributed by atoms with Gasteiger partial charge in [-0.05, 0) is 65.2 Å². The van der Waals surface area contributed by atoms with E-state index in [0.717, 1.165) is 25.7 Å². The fourth-order valence-corrected chi connectivity index (χ4v) is 4.61. The average molecular weight is 268 g/mol. The van der Waals surface area contributed by atoms with Gasteiger partial charge in [-0.2, -0.15) is 0 Å². The summed E-state index contributed by atoms with van der Waals surface area (Å²) in [5, 5.41) is 11.3. The van der Waals surface area contributed by atoms with Crippen LogP contribution in [0.5, 0.6) is 0 Å². The fraction of sp³-hybridized carbons (Fsp3) is 1.00. The first kappa shape index (κ1) is 15.3. The molecule has 0 bridgehead atoms. The van der Waals surface area contributed by atoms with Crippen molar-refractivity contribution in [3.63, 3.8) is 0 Å². The van der Waals surface area contributed by atoms with Gasteiger partial charge in [0.25, 0.3) is 0 Å². The van der Waals surface area contributed by atoms with E-state index in [0.29, 0.717) is 11.8 Å². The summed E-state index contributed by atoms with van der Waals surface area (Å²) in [4.78, 5) is 0. The smallest absolute Gasteiger partial charge is 0.0706 e. The fourth-order valence-electron chi connectivity index (χ4n) is 4.61. The molecule has 112 valence electrons. The first-order chi connectivity index (χ1) is 8.56. The molecule has 19 heavy (non-hydrogen) atoms. The zero-order valence-corrected chi connectivity index (χ0v) is 13.6. The van der Waals surface area contributed by atoms with Crippen LogP contribution < -0.4 is 0 Å². The second kappa shape index (κ2) is 4.73. The van der Waals surface area contributed by atoms with Crippen LogP contribution in [-0.2, 0) is 4.74 Å². The molecule has 3 atom stereocenters. The normalized spacial score (nSPS) is 41.7. The van der Waals surface area contributed by atoms with Gasteiger partial charge in [0.05, 0.1) is 16.8 Å². The van der Waals surface area contributed by atoms with Gasteiger partial charge in [-0.25, -0.2) is 0 Å². The molecular formula is C17H32O2. The second-order valence-electron chi connectivity index (χ2n) is 8.43. The molecule has 0 aromatic carbocycles. The number of hydrogen-bond donors (Lipinski definition) is 1. The minimum atomic E-state index is -0.523. The zero-order chi connectivity index (χ0) is 14.5. The molecule has 0 radical (unpaired) electrons. The van der Waals surface area contributed by atoms with Crippen molar-refractivity contribution in [2.45, 2.75) is 90.4 Å². The lowest BCUT2D eigenvalue weighted by Crippen LogP contribution is -2.50. The van der Waals surface area contributed by atoms with Crippen molar-refractivity contribution in [1.29, 1.82) is 0 Å². The Bertz CT molecular complexity index is 332. The lowest BCUT2D eigenvalue weighted by atomic mass is 9.64. The Morgan fingerprint density at radius 1 is 1.11 bits per heavy atom. The summed E-state index contributed by atoms with van der Waals surface area (Å²) >= 11 is 0. The summed E-state index contributed by atoms with van der Waals surface area (Å²) in [5.74, 6) is 1.60. The maximum Gasteiger partial charge on any atom is 0.0706 e. The van der Waals surface area contributed by atoms with Gasteiger partial charge in [0.2, 0.25) is 0 Å². The van der Waals surface area contributed by atoms with Gasteiger partial charge >= 0.3 is 0 Å². The molecule has 0 aromatic rings. The molecule has 1 N–H and O–H groups in total. The van der Waals surface area contributed by atoms with Gasteiger partial charge in [0, 0.05) is 5.92 Å². The van der Waals surface area contributed by atoms with Crippen LogP contribution in [0.2, 0.25) is 0 Å². The maximum absolute atomic E-state index is 11.3. The van der Waals surface area contributed by atoms with E-state index in [4.69, 9.17) is 4.74 Å². The van der Waals surface area contributed by atoms with Crippen molar-refractivity contribution < 1.29 is 9.84 Å². The Balaban J connectivity index is 2.20. The Hall–Kier alpha value is -0.0800. The van der Waals surface area contributed by atoms with E-state index in [1.54, 1.807) is 0 Å². The van der Waals surface area contributed by atoms with E-state index in [1.165, 1.54) is 6.42 Å². The van der Waals surface area contributed by atoms with Crippen molar-refractivity contribution in [2.75, 3.05) is 0 Å². The predicted octanol–water partition coefficient (Wildman–Crippen LogP) is 4.16. The highest BCUT2D eigenvalue weighted by Crippen LogP contribution is 2.52. The van der Waals surface area contributed by atoms with Crippen LogP contribution in [0.1, 0.15) is 73.6 Å². The molecule has 2 heteroatoms. The van der Waals surface area contributed by atoms with E-state index >= 15 is 0 Å². The summed E-state index contributed by atoms with van der Waals surface area (Å²) in [6, 6.07) is 0. The third-order valence-electron chi connectivity index (χ3n) is 5.47. The third kappa shape index (κ3) is 3.00. The lowest BCUT2D eigenvalue weighted by molar-refractivity contribution is -0.132. The number of rotatable bonds is 2. The predicted molar refractivity (Wildman–Crippen MR) is 79.1 cm³/mol. The average Bonchev–Trinajstić information content (AvgIpc) is 2.47. The first-order valence-electron chi connectivity index (χ1n) is 7.98. The first-order valence-corrected chi connectivity index (χ1v) is 7.98. The Morgan fingerprint density at radius 2 is 1.74 bits per heavy atom. The minimum Gasteiger partial charge on any atom is -0.389 e. The van der Waals surface area contributed by atoms with Crippen LogP contribution in [-0.4, -0.2) is 21.9 Å². The monoisotopic (exact) mass is 268 g/mol. The summed E-state index contributed by atoms with van der Waals surface area (Å²) in [7, 11) is 0. The van der Waals surface area contributed by atoms with E-state index in [2.05, 4.69) is 41.5 Å². The molecule has 1 aliphatic carbocycles. The van der Waals surface area contributed by atoms with Gasteiger partial charge in [-0.3, -0.25) is 0 Å². The summed E-state index contributed by atoms with van der Waals surface area (Å²) in [5.41, 5.74) is -0.837. The van der Waals surface area contributed by atoms with Crippen LogP contribution in [0.15, 0.2) is 0 Å². The third-order valence-corrected chi connectivity index (χ3v) is 5.47. The SMILES string of the molecule is CC(C)C1CCCC(O)(C2CC(C)(C)OC2(C)C)C1. The molecular weight excluding hydrogens is 236 g/mol. The molecule has 0 amide bonds. The van der Waals surface area contributed by atoms with Gasteiger partial charge in [0.1, 0.15) is 0 Å². The van der Waals surface area contributed by atoms with Gasteiger partial charge in [0.15, 0.2) is 0 Å². The molecule has 1 aliphatic heterocycles. The maximum atomic E-state index is 11.3. The lowest BCUT2D eigenvalue weighted by Gasteiger charge is -2.46. The number of hydrogen-bond acceptors (Lipinski definition) is 2. The molecule has 2 nitrogen and oxygen atoms in total. The molecule has 1 saturated heterocycles. The highest BCUT2D eigenvalue weighted by atomic mass is 16.5. The second-order valence-corrected chi connectivity index (χ2v) is 8.43. The van der Waals surface area contributed by atoms with Gasteiger partial charge in [-0.1, -0.05) is 20.3 Å². The highest BCUT2D eigenvalue weighted by Gasteiger charge is 2.55. The quantitative estimate of drug-likeness (QED) is 0.815. The van der Waals surface area contributed by atoms with Crippen molar-refractivity contribution >= 4 is 0 Å². The van der Waals surface area contributed by atoms with Gasteiger partial charge in [-0.15, -0.1) is 0 Å². The van der Waals surface area contributed by atoms with Crippen molar-refractivity contribution in [3.05, 3.63) is 0 Å². The Morgan fingerprint density at radius 3 is 2.21 bits per heavy atom. The topological polar surface area (TPSA) is 29.5 Å². The van der Waals surface area contributed by atoms with Crippen LogP contribution in [0, 0.1) is 17.8 Å². The van der Waals surface area contributed by atoms with Crippen molar-refractivity contribution in [1.82, 2.24) is 0 Å². The van der Waals surface area contributed by atoms with Crippen molar-refractivity contribution in [2.24, 2.45) is 17.8 Å². The number of aliphatic hydroxyl groups is 1. The minimum absolute atomic E-state index is 0.103. The van der Waals surface area contributed by atoms with E-state index in [1.807, 2.05) is 0 Å². The molecule has 2 rings (SSSR count). The standard InChI is InChI=1S/C17H32O2/c1-12(2)13-8-7-9-17(18,10-13)14-11-15(3,4)19-16(14,5)6/h12-14,18H,7-11H2,1-6H3. The largest absolute Gasteiger partial charge is 0.389 e. The molecule has 0 aromatic heterocycles. The summed E-state index contributed by atoms with van der Waals surface area (Å²) in [6.45, 7) is 13.2. The summed E-state index contributed by atoms with van der Waals surface area (Å²) < 4.78 is 6.20. The summed E-state index contributed by atoms with van der Waals surface area (Å²) in [6.07, 6.45) is 5.31. The van der Waals surface area contributed by atoms with Crippen LogP contribution >= 0.6 is 0 Å². The number of ether oxygens (including phenoxy) is 1. The van der Waals surface area contributed by atoms with E-state index in [-0.39, 0.29) is 17.1 Å². The molecule has 0 spiro atoms. The molecule has 2 aliphatic rings. The highest BCUT2D eigenvalue weighted by molar-refractivity contribution is 5.05. The van der Waals surface area contributed by atoms with Gasteiger partial charge < -0.3 is 9.84 Å². The van der Waals surface area contributed by atoms with E-state index in [9.17, 15) is 5.11 Å². The molecule has 1 heterocycles. The molecule has 1 saturated carbocycles.